The summed E-state index contributed by atoms with van der Waals surface area (Å²) in [5, 5.41) is 3.69. The minimum Gasteiger partial charge on any atom is -0.368 e. The molecule has 1 aliphatic carbocycles. The molecule has 2 N–H and O–H groups in total. The SMILES string of the molecule is Cc1c(N2CC3CCNCC3C2)c(F)cc2c(=O)[nH]c(=O)n(C3CC3)c12. The predicted octanol–water partition coefficient (Wildman–Crippen LogP) is 1.52. The van der Waals surface area contributed by atoms with Gasteiger partial charge in [0.2, 0.25) is 0 Å². The third-order valence-corrected chi connectivity index (χ3v) is 6.29. The molecule has 0 radical (unpaired) electrons. The third-order valence-electron chi connectivity index (χ3n) is 6.29. The molecule has 3 fully saturated rings. The molecule has 26 heavy (non-hydrogen) atoms. The molecular formula is C19H23FN4O2. The highest BCUT2D eigenvalue weighted by atomic mass is 19.1. The van der Waals surface area contributed by atoms with Crippen LogP contribution in [0.25, 0.3) is 10.9 Å². The maximum atomic E-state index is 15.0. The minimum atomic E-state index is -0.505. The highest BCUT2D eigenvalue weighted by Gasteiger charge is 2.37. The number of anilines is 1. The second kappa shape index (κ2) is 5.67. The first-order valence-corrected chi connectivity index (χ1v) is 9.48. The molecule has 6 nitrogen and oxygen atoms in total. The van der Waals surface area contributed by atoms with E-state index in [0.29, 0.717) is 28.6 Å². The Morgan fingerprint density at radius 3 is 2.65 bits per heavy atom. The largest absolute Gasteiger partial charge is 0.368 e. The maximum Gasteiger partial charge on any atom is 0.329 e. The van der Waals surface area contributed by atoms with E-state index in [9.17, 15) is 9.59 Å². The number of nitrogens with one attached hydrogen (secondary N) is 2. The second-order valence-corrected chi connectivity index (χ2v) is 8.01. The van der Waals surface area contributed by atoms with E-state index in [2.05, 4.69) is 15.2 Å². The molecule has 1 saturated carbocycles. The van der Waals surface area contributed by atoms with Gasteiger partial charge in [0.1, 0.15) is 5.82 Å². The highest BCUT2D eigenvalue weighted by molar-refractivity contribution is 5.87. The number of H-pyrrole nitrogens is 1. The summed E-state index contributed by atoms with van der Waals surface area (Å²) >= 11 is 0. The number of hydrogen-bond acceptors (Lipinski definition) is 4. The minimum absolute atomic E-state index is 0.115. The van der Waals surface area contributed by atoms with Gasteiger partial charge in [0.05, 0.1) is 16.6 Å². The third kappa shape index (κ3) is 2.33. The van der Waals surface area contributed by atoms with E-state index in [1.54, 1.807) is 4.57 Å². The number of piperidine rings is 1. The lowest BCUT2D eigenvalue weighted by Gasteiger charge is -2.24. The van der Waals surface area contributed by atoms with Crippen molar-refractivity contribution in [3.05, 3.63) is 38.3 Å². The normalized spacial score (nSPS) is 25.7. The van der Waals surface area contributed by atoms with Gasteiger partial charge in [0.25, 0.3) is 5.56 Å². The van der Waals surface area contributed by atoms with E-state index in [1.165, 1.54) is 6.07 Å². The molecule has 0 spiro atoms. The molecule has 5 rings (SSSR count). The van der Waals surface area contributed by atoms with Gasteiger partial charge in [-0.2, -0.15) is 0 Å². The molecule has 2 aliphatic heterocycles. The van der Waals surface area contributed by atoms with Crippen molar-refractivity contribution in [1.29, 1.82) is 0 Å². The number of rotatable bonds is 2. The zero-order valence-corrected chi connectivity index (χ0v) is 14.8. The Kier molecular flexibility index (Phi) is 3.50. The standard InChI is InChI=1S/C19H23FN4O2/c1-10-16-14(18(25)22-19(26)24(16)13-2-3-13)6-15(20)17(10)23-8-11-4-5-21-7-12(11)9-23/h6,11-13,21H,2-5,7-9H2,1H3,(H,22,25,26). The van der Waals surface area contributed by atoms with Gasteiger partial charge in [-0.1, -0.05) is 0 Å². The number of hydrogen-bond donors (Lipinski definition) is 2. The van der Waals surface area contributed by atoms with E-state index in [-0.39, 0.29) is 22.9 Å². The van der Waals surface area contributed by atoms with Crippen molar-refractivity contribution in [2.24, 2.45) is 11.8 Å². The summed E-state index contributed by atoms with van der Waals surface area (Å²) in [4.78, 5) is 29.2. The maximum absolute atomic E-state index is 15.0. The average Bonchev–Trinajstić information content (AvgIpc) is 3.34. The molecule has 3 aliphatic rings. The van der Waals surface area contributed by atoms with Gasteiger partial charge in [-0.25, -0.2) is 9.18 Å². The fourth-order valence-corrected chi connectivity index (χ4v) is 4.89. The Morgan fingerprint density at radius 2 is 1.92 bits per heavy atom. The zero-order chi connectivity index (χ0) is 18.0. The van der Waals surface area contributed by atoms with Gasteiger partial charge in [-0.05, 0) is 57.2 Å². The quantitative estimate of drug-likeness (QED) is 0.854. The summed E-state index contributed by atoms with van der Waals surface area (Å²) in [6.45, 7) is 5.50. The molecule has 2 unspecified atom stereocenters. The Hall–Kier alpha value is -2.15. The van der Waals surface area contributed by atoms with Crippen molar-refractivity contribution in [2.75, 3.05) is 31.1 Å². The van der Waals surface area contributed by atoms with Crippen LogP contribution in [0.4, 0.5) is 10.1 Å². The van der Waals surface area contributed by atoms with Crippen LogP contribution in [0.5, 0.6) is 0 Å². The van der Waals surface area contributed by atoms with E-state index in [1.807, 2.05) is 6.92 Å². The summed E-state index contributed by atoms with van der Waals surface area (Å²) in [7, 11) is 0. The van der Waals surface area contributed by atoms with E-state index < -0.39 is 5.56 Å². The van der Waals surface area contributed by atoms with Gasteiger partial charge in [-0.3, -0.25) is 14.3 Å². The van der Waals surface area contributed by atoms with Gasteiger partial charge in [-0.15, -0.1) is 0 Å². The number of benzene rings is 1. The lowest BCUT2D eigenvalue weighted by atomic mass is 9.90. The van der Waals surface area contributed by atoms with Gasteiger partial charge in [0.15, 0.2) is 0 Å². The second-order valence-electron chi connectivity index (χ2n) is 8.01. The number of fused-ring (bicyclic) bond motifs is 2. The predicted molar refractivity (Wildman–Crippen MR) is 98.5 cm³/mol. The Bertz CT molecular complexity index is 993. The van der Waals surface area contributed by atoms with Crippen molar-refractivity contribution < 1.29 is 4.39 Å². The topological polar surface area (TPSA) is 70.1 Å². The van der Waals surface area contributed by atoms with Crippen LogP contribution in [0.2, 0.25) is 0 Å². The molecule has 0 bridgehead atoms. The van der Waals surface area contributed by atoms with Crippen LogP contribution >= 0.6 is 0 Å². The van der Waals surface area contributed by atoms with Crippen molar-refractivity contribution in [3.63, 3.8) is 0 Å². The van der Waals surface area contributed by atoms with Crippen molar-refractivity contribution >= 4 is 16.6 Å². The number of halogens is 1. The molecule has 138 valence electrons. The summed E-state index contributed by atoms with van der Waals surface area (Å²) in [5.74, 6) is 0.742. The molecule has 2 saturated heterocycles. The lowest BCUT2D eigenvalue weighted by molar-refractivity contribution is 0.318. The van der Waals surface area contributed by atoms with Gasteiger partial charge < -0.3 is 10.2 Å². The summed E-state index contributed by atoms with van der Waals surface area (Å²) in [6.07, 6.45) is 2.96. The summed E-state index contributed by atoms with van der Waals surface area (Å²) in [6, 6.07) is 1.43. The van der Waals surface area contributed by atoms with Gasteiger partial charge in [0, 0.05) is 24.7 Å². The van der Waals surface area contributed by atoms with Crippen LogP contribution in [0.1, 0.15) is 30.9 Å². The molecule has 1 aromatic carbocycles. The summed E-state index contributed by atoms with van der Waals surface area (Å²) < 4.78 is 16.7. The number of aromatic nitrogens is 2. The Morgan fingerprint density at radius 1 is 1.15 bits per heavy atom. The molecular weight excluding hydrogens is 335 g/mol. The van der Waals surface area contributed by atoms with E-state index >= 15 is 4.39 Å². The first-order valence-electron chi connectivity index (χ1n) is 9.48. The monoisotopic (exact) mass is 358 g/mol. The summed E-state index contributed by atoms with van der Waals surface area (Å²) in [5.41, 5.74) is 0.985. The highest BCUT2D eigenvalue weighted by Crippen LogP contribution is 2.40. The smallest absolute Gasteiger partial charge is 0.329 e. The van der Waals surface area contributed by atoms with Crippen molar-refractivity contribution in [1.82, 2.24) is 14.9 Å². The van der Waals surface area contributed by atoms with Crippen LogP contribution in [-0.4, -0.2) is 35.7 Å². The van der Waals surface area contributed by atoms with Crippen LogP contribution in [0.3, 0.4) is 0 Å². The lowest BCUT2D eigenvalue weighted by Crippen LogP contribution is -2.35. The Balaban J connectivity index is 1.70. The molecule has 0 amide bonds. The van der Waals surface area contributed by atoms with Crippen LogP contribution in [0, 0.1) is 24.6 Å². The van der Waals surface area contributed by atoms with Crippen LogP contribution < -0.4 is 21.5 Å². The van der Waals surface area contributed by atoms with Crippen molar-refractivity contribution in [3.8, 4) is 0 Å². The number of aromatic amines is 1. The first kappa shape index (κ1) is 16.1. The molecule has 2 atom stereocenters. The molecule has 7 heteroatoms. The fourth-order valence-electron chi connectivity index (χ4n) is 4.89. The van der Waals surface area contributed by atoms with E-state index in [0.717, 1.165) is 45.4 Å². The first-order chi connectivity index (χ1) is 12.5. The number of nitrogens with zero attached hydrogens (tertiary/aromatic N) is 2. The zero-order valence-electron chi connectivity index (χ0n) is 14.8. The number of aryl methyl sites for hydroxylation is 1. The fraction of sp³-hybridized carbons (Fsp3) is 0.579. The van der Waals surface area contributed by atoms with E-state index in [4.69, 9.17) is 0 Å². The molecule has 2 aromatic rings. The molecule has 1 aromatic heterocycles. The van der Waals surface area contributed by atoms with Crippen molar-refractivity contribution in [2.45, 2.75) is 32.2 Å². The average molecular weight is 358 g/mol. The van der Waals surface area contributed by atoms with Gasteiger partial charge >= 0.3 is 5.69 Å². The van der Waals surface area contributed by atoms with Crippen LogP contribution in [-0.2, 0) is 0 Å². The Labute approximate surface area is 150 Å². The molecule has 3 heterocycles. The van der Waals surface area contributed by atoms with Crippen LogP contribution in [0.15, 0.2) is 15.7 Å².